The number of hydrogen-bond acceptors (Lipinski definition) is 4. The van der Waals surface area contributed by atoms with Crippen LogP contribution in [-0.2, 0) is 0 Å². The number of anilines is 2. The van der Waals surface area contributed by atoms with Crippen LogP contribution in [0.1, 0.15) is 0 Å². The number of nitrogens with zero attached hydrogens (tertiary/aromatic N) is 2. The van der Waals surface area contributed by atoms with E-state index >= 15 is 0 Å². The third-order valence-electron chi connectivity index (χ3n) is 2.07. The highest BCUT2D eigenvalue weighted by Gasteiger charge is 2.06. The zero-order valence-electron chi connectivity index (χ0n) is 8.95. The highest BCUT2D eigenvalue weighted by Crippen LogP contribution is 2.29. The Balaban J connectivity index is 2.34. The van der Waals surface area contributed by atoms with Gasteiger partial charge in [0, 0.05) is 4.90 Å². The lowest BCUT2D eigenvalue weighted by atomic mass is 10.3. The second kappa shape index (κ2) is 5.58. The molecule has 1 aromatic carbocycles. The number of para-hydroxylation sites is 1. The number of aromatic nitrogens is 2. The van der Waals surface area contributed by atoms with E-state index in [1.165, 1.54) is 6.20 Å². The standard InChI is InChI=1S/C11H9Cl2N3S/c1-17-9-5-3-2-4-8(9)15-10-7(12)6-14-11(13)16-10/h2-6H,1H3,(H,14,15,16). The predicted octanol–water partition coefficient (Wildman–Crippen LogP) is 4.25. The molecule has 0 unspecified atom stereocenters. The number of benzene rings is 1. The van der Waals surface area contributed by atoms with E-state index in [0.717, 1.165) is 10.6 Å². The van der Waals surface area contributed by atoms with E-state index in [0.29, 0.717) is 10.8 Å². The summed E-state index contributed by atoms with van der Waals surface area (Å²) in [6, 6.07) is 7.90. The van der Waals surface area contributed by atoms with Crippen LogP contribution in [0.5, 0.6) is 0 Å². The van der Waals surface area contributed by atoms with Crippen molar-refractivity contribution < 1.29 is 0 Å². The van der Waals surface area contributed by atoms with Gasteiger partial charge in [-0.2, -0.15) is 4.98 Å². The molecule has 0 fully saturated rings. The van der Waals surface area contributed by atoms with E-state index in [-0.39, 0.29) is 5.28 Å². The number of thioether (sulfide) groups is 1. The maximum absolute atomic E-state index is 5.99. The second-order valence-corrected chi connectivity index (χ2v) is 4.75. The Labute approximate surface area is 114 Å². The molecular weight excluding hydrogens is 277 g/mol. The van der Waals surface area contributed by atoms with Gasteiger partial charge in [-0.25, -0.2) is 4.98 Å². The summed E-state index contributed by atoms with van der Waals surface area (Å²) >= 11 is 13.4. The normalized spacial score (nSPS) is 10.3. The first kappa shape index (κ1) is 12.5. The van der Waals surface area contributed by atoms with E-state index in [2.05, 4.69) is 15.3 Å². The molecule has 3 nitrogen and oxygen atoms in total. The van der Waals surface area contributed by atoms with Crippen molar-refractivity contribution in [1.82, 2.24) is 9.97 Å². The molecule has 0 bridgehead atoms. The largest absolute Gasteiger partial charge is 0.338 e. The highest BCUT2D eigenvalue weighted by atomic mass is 35.5. The Morgan fingerprint density at radius 1 is 1.24 bits per heavy atom. The van der Waals surface area contributed by atoms with Crippen molar-refractivity contribution in [2.75, 3.05) is 11.6 Å². The van der Waals surface area contributed by atoms with Crippen LogP contribution in [0.15, 0.2) is 35.4 Å². The van der Waals surface area contributed by atoms with Crippen molar-refractivity contribution in [3.63, 3.8) is 0 Å². The fraction of sp³-hybridized carbons (Fsp3) is 0.0909. The smallest absolute Gasteiger partial charge is 0.224 e. The average Bonchev–Trinajstić information content (AvgIpc) is 2.34. The summed E-state index contributed by atoms with van der Waals surface area (Å²) in [6.07, 6.45) is 3.48. The first-order valence-corrected chi connectivity index (χ1v) is 6.77. The molecule has 0 spiro atoms. The summed E-state index contributed by atoms with van der Waals surface area (Å²) in [5.74, 6) is 0.508. The Morgan fingerprint density at radius 3 is 2.76 bits per heavy atom. The predicted molar refractivity (Wildman–Crippen MR) is 73.6 cm³/mol. The molecule has 2 rings (SSSR count). The molecule has 17 heavy (non-hydrogen) atoms. The molecule has 0 amide bonds. The first-order valence-electron chi connectivity index (χ1n) is 4.79. The molecule has 6 heteroatoms. The van der Waals surface area contributed by atoms with Gasteiger partial charge in [0.15, 0.2) is 5.82 Å². The highest BCUT2D eigenvalue weighted by molar-refractivity contribution is 7.98. The molecule has 0 atom stereocenters. The van der Waals surface area contributed by atoms with Crippen molar-refractivity contribution in [2.45, 2.75) is 4.90 Å². The minimum Gasteiger partial charge on any atom is -0.338 e. The molecule has 1 aromatic heterocycles. The van der Waals surface area contributed by atoms with Crippen LogP contribution in [0, 0.1) is 0 Å². The van der Waals surface area contributed by atoms with E-state index in [1.54, 1.807) is 11.8 Å². The first-order chi connectivity index (χ1) is 8.20. The Morgan fingerprint density at radius 2 is 2.00 bits per heavy atom. The molecule has 1 heterocycles. The molecule has 0 aliphatic heterocycles. The lowest BCUT2D eigenvalue weighted by Gasteiger charge is -2.10. The summed E-state index contributed by atoms with van der Waals surface area (Å²) in [4.78, 5) is 8.96. The van der Waals surface area contributed by atoms with Gasteiger partial charge in [-0.05, 0) is 30.0 Å². The minimum atomic E-state index is 0.165. The SMILES string of the molecule is CSc1ccccc1Nc1nc(Cl)ncc1Cl. The summed E-state index contributed by atoms with van der Waals surface area (Å²) in [7, 11) is 0. The molecule has 0 saturated heterocycles. The number of halogens is 2. The van der Waals surface area contributed by atoms with Gasteiger partial charge in [-0.15, -0.1) is 11.8 Å². The van der Waals surface area contributed by atoms with E-state index in [1.807, 2.05) is 30.5 Å². The molecule has 88 valence electrons. The van der Waals surface area contributed by atoms with Gasteiger partial charge in [-0.1, -0.05) is 23.7 Å². The van der Waals surface area contributed by atoms with Crippen LogP contribution in [0.2, 0.25) is 10.3 Å². The van der Waals surface area contributed by atoms with Crippen molar-refractivity contribution in [2.24, 2.45) is 0 Å². The molecular formula is C11H9Cl2N3S. The van der Waals surface area contributed by atoms with Gasteiger partial charge in [0.05, 0.1) is 11.9 Å². The maximum Gasteiger partial charge on any atom is 0.224 e. The maximum atomic E-state index is 5.99. The van der Waals surface area contributed by atoms with Gasteiger partial charge in [0.2, 0.25) is 5.28 Å². The summed E-state index contributed by atoms with van der Waals surface area (Å²) < 4.78 is 0. The van der Waals surface area contributed by atoms with Crippen molar-refractivity contribution >= 4 is 46.5 Å². The van der Waals surface area contributed by atoms with E-state index in [4.69, 9.17) is 23.2 Å². The monoisotopic (exact) mass is 285 g/mol. The Kier molecular flexibility index (Phi) is 4.10. The van der Waals surface area contributed by atoms with Gasteiger partial charge in [-0.3, -0.25) is 0 Å². The van der Waals surface area contributed by atoms with Crippen LogP contribution >= 0.6 is 35.0 Å². The topological polar surface area (TPSA) is 37.8 Å². The fourth-order valence-electron chi connectivity index (χ4n) is 1.31. The van der Waals surface area contributed by atoms with E-state index in [9.17, 15) is 0 Å². The molecule has 2 aromatic rings. The molecule has 0 saturated carbocycles. The fourth-order valence-corrected chi connectivity index (χ4v) is 2.13. The third kappa shape index (κ3) is 3.03. The summed E-state index contributed by atoms with van der Waals surface area (Å²) in [6.45, 7) is 0. The van der Waals surface area contributed by atoms with Gasteiger partial charge >= 0.3 is 0 Å². The molecule has 0 aliphatic carbocycles. The second-order valence-electron chi connectivity index (χ2n) is 3.16. The van der Waals surface area contributed by atoms with Gasteiger partial charge < -0.3 is 5.32 Å². The van der Waals surface area contributed by atoms with Crippen LogP contribution in [0.4, 0.5) is 11.5 Å². The number of rotatable bonds is 3. The van der Waals surface area contributed by atoms with Crippen LogP contribution < -0.4 is 5.32 Å². The summed E-state index contributed by atoms with van der Waals surface area (Å²) in [5, 5.41) is 3.74. The third-order valence-corrected chi connectivity index (χ3v) is 3.33. The quantitative estimate of drug-likeness (QED) is 0.676. The number of nitrogens with one attached hydrogen (secondary N) is 1. The zero-order valence-corrected chi connectivity index (χ0v) is 11.3. The van der Waals surface area contributed by atoms with Crippen LogP contribution in [-0.4, -0.2) is 16.2 Å². The van der Waals surface area contributed by atoms with Crippen LogP contribution in [0.3, 0.4) is 0 Å². The van der Waals surface area contributed by atoms with E-state index < -0.39 is 0 Å². The van der Waals surface area contributed by atoms with Crippen molar-refractivity contribution in [3.8, 4) is 0 Å². The van der Waals surface area contributed by atoms with Crippen molar-refractivity contribution in [3.05, 3.63) is 40.8 Å². The number of hydrogen-bond donors (Lipinski definition) is 1. The molecule has 0 aliphatic rings. The summed E-state index contributed by atoms with van der Waals surface area (Å²) in [5.41, 5.74) is 0.941. The Hall–Kier alpha value is -0.970. The van der Waals surface area contributed by atoms with Crippen molar-refractivity contribution in [1.29, 1.82) is 0 Å². The molecule has 1 N–H and O–H groups in total. The minimum absolute atomic E-state index is 0.165. The lowest BCUT2D eigenvalue weighted by Crippen LogP contribution is -1.97. The zero-order chi connectivity index (χ0) is 12.3. The average molecular weight is 286 g/mol. The van der Waals surface area contributed by atoms with Gasteiger partial charge in [0.25, 0.3) is 0 Å². The molecule has 0 radical (unpaired) electrons. The van der Waals surface area contributed by atoms with Gasteiger partial charge in [0.1, 0.15) is 5.02 Å². The lowest BCUT2D eigenvalue weighted by molar-refractivity contribution is 1.16. The van der Waals surface area contributed by atoms with Crippen LogP contribution in [0.25, 0.3) is 0 Å². The Bertz CT molecular complexity index is 534.